The Kier molecular flexibility index (Phi) is 7.82. The van der Waals surface area contributed by atoms with Crippen molar-refractivity contribution in [1.29, 1.82) is 0 Å². The molecule has 0 saturated carbocycles. The number of rotatable bonds is 5. The second-order valence-electron chi connectivity index (χ2n) is 10.4. The topological polar surface area (TPSA) is 118 Å². The van der Waals surface area contributed by atoms with Crippen molar-refractivity contribution in [2.75, 3.05) is 24.2 Å². The summed E-state index contributed by atoms with van der Waals surface area (Å²) in [5, 5.41) is -0.0627. The van der Waals surface area contributed by atoms with Crippen LogP contribution in [0.15, 0.2) is 58.9 Å². The number of aryl methyl sites for hydroxylation is 1. The lowest BCUT2D eigenvalue weighted by atomic mass is 10.1. The number of pyridine rings is 2. The molecular formula is C29H27ClF2N6O4S. The van der Waals surface area contributed by atoms with Crippen LogP contribution in [0, 0.1) is 18.6 Å². The summed E-state index contributed by atoms with van der Waals surface area (Å²) in [4.78, 5) is 42.4. The normalized spacial score (nSPS) is 17.4. The lowest BCUT2D eigenvalue weighted by molar-refractivity contribution is -0.128. The van der Waals surface area contributed by atoms with Gasteiger partial charge in [0, 0.05) is 37.6 Å². The van der Waals surface area contributed by atoms with Gasteiger partial charge in [-0.15, -0.1) is 0 Å². The number of anilines is 1. The molecule has 224 valence electrons. The number of piperazine rings is 1. The minimum absolute atomic E-state index is 0.0542. The summed E-state index contributed by atoms with van der Waals surface area (Å²) in [7, 11) is -3.90. The highest BCUT2D eigenvalue weighted by atomic mass is 35.5. The van der Waals surface area contributed by atoms with Crippen molar-refractivity contribution >= 4 is 44.2 Å². The fourth-order valence-corrected chi connectivity index (χ4v) is 6.53. The number of nitrogens with zero attached hydrogens (tertiary/aromatic N) is 6. The minimum atomic E-state index is -3.90. The lowest BCUT2D eigenvalue weighted by Crippen LogP contribution is -2.58. The van der Waals surface area contributed by atoms with Gasteiger partial charge in [-0.1, -0.05) is 24.2 Å². The highest BCUT2D eigenvalue weighted by Gasteiger charge is 2.34. The van der Waals surface area contributed by atoms with E-state index in [1.54, 1.807) is 9.80 Å². The fraction of sp³-hybridized carbons (Fsp3) is 0.276. The number of hydrogen-bond donors (Lipinski definition) is 0. The number of fused-ring (bicyclic) bond motifs is 1. The van der Waals surface area contributed by atoms with Crippen LogP contribution in [0.25, 0.3) is 28.0 Å². The molecule has 0 spiro atoms. The first-order chi connectivity index (χ1) is 20.2. The first-order valence-electron chi connectivity index (χ1n) is 13.2. The lowest BCUT2D eigenvalue weighted by Gasteiger charge is -2.44. The van der Waals surface area contributed by atoms with Gasteiger partial charge in [0.15, 0.2) is 21.3 Å². The predicted octanol–water partition coefficient (Wildman–Crippen LogP) is 4.10. The van der Waals surface area contributed by atoms with Crippen molar-refractivity contribution in [2.24, 2.45) is 0 Å². The summed E-state index contributed by atoms with van der Waals surface area (Å²) in [5.74, 6) is -1.98. The quantitative estimate of drug-likeness (QED) is 0.303. The molecule has 4 heterocycles. The standard InChI is InChI=1S/C29H27ClF2N6O4S/c1-6-23(39)36-13-16(3)37(14-15(36)2)27-18-12-21(32)25(24-19(30)8-7-9-20(24)31)34-28(18)38(29(40)35-27)26-17(4)33-11-10-22(26)43(5,41)42/h6-12,15-16H,1,13-14H2,2-5H3/t15-,16-/m0/s1. The van der Waals surface area contributed by atoms with Gasteiger partial charge in [0.1, 0.15) is 17.3 Å². The van der Waals surface area contributed by atoms with E-state index >= 15 is 4.39 Å². The van der Waals surface area contributed by atoms with Crippen LogP contribution in [0.3, 0.4) is 0 Å². The smallest absolute Gasteiger partial charge is 0.349 e. The second-order valence-corrected chi connectivity index (χ2v) is 12.8. The average Bonchev–Trinajstić information content (AvgIpc) is 2.93. The Morgan fingerprint density at radius 3 is 2.49 bits per heavy atom. The highest BCUT2D eigenvalue weighted by Crippen LogP contribution is 2.36. The number of halogens is 3. The maximum Gasteiger partial charge on any atom is 0.355 e. The van der Waals surface area contributed by atoms with Crippen LogP contribution >= 0.6 is 11.6 Å². The molecule has 0 bridgehead atoms. The Morgan fingerprint density at radius 1 is 1.12 bits per heavy atom. The number of sulfone groups is 1. The van der Waals surface area contributed by atoms with E-state index < -0.39 is 32.9 Å². The third-order valence-corrected chi connectivity index (χ3v) is 8.85. The van der Waals surface area contributed by atoms with Crippen molar-refractivity contribution in [3.8, 4) is 16.9 Å². The summed E-state index contributed by atoms with van der Waals surface area (Å²) >= 11 is 6.26. The van der Waals surface area contributed by atoms with Crippen LogP contribution < -0.4 is 10.6 Å². The van der Waals surface area contributed by atoms with Gasteiger partial charge in [0.25, 0.3) is 0 Å². The first-order valence-corrected chi connectivity index (χ1v) is 15.4. The van der Waals surface area contributed by atoms with Gasteiger partial charge < -0.3 is 9.80 Å². The van der Waals surface area contributed by atoms with E-state index in [9.17, 15) is 22.4 Å². The summed E-state index contributed by atoms with van der Waals surface area (Å²) in [5.41, 5.74) is -1.87. The van der Waals surface area contributed by atoms with E-state index in [4.69, 9.17) is 11.6 Å². The third-order valence-electron chi connectivity index (χ3n) is 7.41. The van der Waals surface area contributed by atoms with E-state index in [0.29, 0.717) is 0 Å². The number of aromatic nitrogens is 4. The van der Waals surface area contributed by atoms with Crippen LogP contribution in [0.1, 0.15) is 19.5 Å². The van der Waals surface area contributed by atoms with Crippen molar-refractivity contribution in [3.63, 3.8) is 0 Å². The maximum absolute atomic E-state index is 15.9. The molecule has 2 atom stereocenters. The van der Waals surface area contributed by atoms with Crippen LogP contribution in [-0.2, 0) is 14.6 Å². The molecule has 1 amide bonds. The van der Waals surface area contributed by atoms with E-state index in [2.05, 4.69) is 21.5 Å². The molecule has 1 aliphatic heterocycles. The molecule has 10 nitrogen and oxygen atoms in total. The van der Waals surface area contributed by atoms with Gasteiger partial charge in [-0.2, -0.15) is 4.98 Å². The van der Waals surface area contributed by atoms with Crippen molar-refractivity contribution in [3.05, 3.63) is 82.0 Å². The molecule has 4 aromatic rings. The maximum atomic E-state index is 15.9. The number of amides is 1. The minimum Gasteiger partial charge on any atom is -0.349 e. The van der Waals surface area contributed by atoms with Crippen molar-refractivity contribution in [2.45, 2.75) is 37.8 Å². The zero-order chi connectivity index (χ0) is 31.4. The molecule has 0 N–H and O–H groups in total. The number of hydrogen-bond acceptors (Lipinski definition) is 8. The number of carbonyl (C=O) groups is 1. The summed E-state index contributed by atoms with van der Waals surface area (Å²) < 4.78 is 57.4. The van der Waals surface area contributed by atoms with Gasteiger partial charge >= 0.3 is 5.69 Å². The molecule has 1 fully saturated rings. The molecule has 0 unspecified atom stereocenters. The zero-order valence-electron chi connectivity index (χ0n) is 23.7. The molecule has 0 aliphatic carbocycles. The zero-order valence-corrected chi connectivity index (χ0v) is 25.2. The summed E-state index contributed by atoms with van der Waals surface area (Å²) in [6, 6.07) is 5.43. The van der Waals surface area contributed by atoms with Crippen LogP contribution in [-0.4, -0.2) is 70.2 Å². The largest absolute Gasteiger partial charge is 0.355 e. The number of benzene rings is 1. The van der Waals surface area contributed by atoms with Crippen LogP contribution in [0.2, 0.25) is 5.02 Å². The highest BCUT2D eigenvalue weighted by molar-refractivity contribution is 7.90. The number of carbonyl (C=O) groups excluding carboxylic acids is 1. The van der Waals surface area contributed by atoms with Gasteiger partial charge in [0.2, 0.25) is 5.91 Å². The molecule has 14 heteroatoms. The molecule has 1 saturated heterocycles. The Labute approximate surface area is 251 Å². The van der Waals surface area contributed by atoms with E-state index in [1.165, 1.54) is 37.4 Å². The Balaban J connectivity index is 1.87. The SMILES string of the molecule is C=CC(=O)N1C[C@H](C)N(c2nc(=O)n(-c3c(S(C)(=O)=O)ccnc3C)c3nc(-c4c(F)cccc4Cl)c(F)cc23)C[C@@H]1C. The average molecular weight is 629 g/mol. The first kappa shape index (κ1) is 30.2. The molecular weight excluding hydrogens is 602 g/mol. The molecule has 0 radical (unpaired) electrons. The second kappa shape index (κ2) is 11.1. The van der Waals surface area contributed by atoms with E-state index in [-0.39, 0.29) is 74.8 Å². The Hall–Kier alpha value is -4.23. The Bertz CT molecular complexity index is 1960. The molecule has 43 heavy (non-hydrogen) atoms. The Morgan fingerprint density at radius 2 is 1.84 bits per heavy atom. The molecule has 3 aromatic heterocycles. The van der Waals surface area contributed by atoms with Gasteiger partial charge in [0.05, 0.1) is 32.2 Å². The fourth-order valence-electron chi connectivity index (χ4n) is 5.38. The molecule has 5 rings (SSSR count). The molecule has 1 aromatic carbocycles. The monoisotopic (exact) mass is 628 g/mol. The van der Waals surface area contributed by atoms with Gasteiger partial charge in [-0.3, -0.25) is 9.78 Å². The third kappa shape index (κ3) is 5.27. The van der Waals surface area contributed by atoms with Gasteiger partial charge in [-0.25, -0.2) is 31.5 Å². The van der Waals surface area contributed by atoms with E-state index in [0.717, 1.165) is 23.0 Å². The van der Waals surface area contributed by atoms with Crippen molar-refractivity contribution < 1.29 is 22.0 Å². The predicted molar refractivity (Wildman–Crippen MR) is 159 cm³/mol. The van der Waals surface area contributed by atoms with Gasteiger partial charge in [-0.05, 0) is 51.1 Å². The summed E-state index contributed by atoms with van der Waals surface area (Å²) in [6.07, 6.45) is 3.48. The molecule has 1 aliphatic rings. The van der Waals surface area contributed by atoms with E-state index in [1.807, 2.05) is 13.8 Å². The van der Waals surface area contributed by atoms with Crippen LogP contribution in [0.5, 0.6) is 0 Å². The summed E-state index contributed by atoms with van der Waals surface area (Å²) in [6.45, 7) is 9.19. The van der Waals surface area contributed by atoms with Crippen molar-refractivity contribution in [1.82, 2.24) is 24.4 Å². The van der Waals surface area contributed by atoms with Crippen LogP contribution in [0.4, 0.5) is 14.6 Å².